The van der Waals surface area contributed by atoms with Crippen LogP contribution in [0.4, 0.5) is 10.1 Å². The third kappa shape index (κ3) is 3.18. The van der Waals surface area contributed by atoms with Crippen LogP contribution in [-0.2, 0) is 11.3 Å². The highest BCUT2D eigenvalue weighted by molar-refractivity contribution is 5.41. The molecule has 0 atom stereocenters. The number of nitrogens with two attached hydrogens (primary N) is 1. The molecule has 0 spiro atoms. The van der Waals surface area contributed by atoms with Crippen molar-refractivity contribution in [2.75, 3.05) is 32.0 Å². The molecule has 0 unspecified atom stereocenters. The van der Waals surface area contributed by atoms with Gasteiger partial charge in [0.25, 0.3) is 0 Å². The van der Waals surface area contributed by atoms with Gasteiger partial charge in [-0.3, -0.25) is 4.90 Å². The Hall–Kier alpha value is -1.13. The molecule has 1 saturated heterocycles. The minimum Gasteiger partial charge on any atom is -0.399 e. The van der Waals surface area contributed by atoms with Crippen molar-refractivity contribution in [3.05, 3.63) is 29.6 Å². The highest BCUT2D eigenvalue weighted by Gasteiger charge is 2.10. The van der Waals surface area contributed by atoms with E-state index in [1.165, 1.54) is 6.07 Å². The first kappa shape index (κ1) is 11.4. The predicted molar refractivity (Wildman–Crippen MR) is 61.5 cm³/mol. The van der Waals surface area contributed by atoms with E-state index in [2.05, 4.69) is 4.90 Å². The Balaban J connectivity index is 2.01. The van der Waals surface area contributed by atoms with Crippen molar-refractivity contribution in [2.45, 2.75) is 13.0 Å². The van der Waals surface area contributed by atoms with Crippen molar-refractivity contribution in [1.29, 1.82) is 0 Å². The molecule has 1 fully saturated rings. The van der Waals surface area contributed by atoms with Gasteiger partial charge in [-0.05, 0) is 30.2 Å². The average molecular weight is 224 g/mol. The van der Waals surface area contributed by atoms with E-state index < -0.39 is 0 Å². The van der Waals surface area contributed by atoms with E-state index in [1.54, 1.807) is 6.07 Å². The highest BCUT2D eigenvalue weighted by Crippen LogP contribution is 2.13. The summed E-state index contributed by atoms with van der Waals surface area (Å²) in [7, 11) is 0. The third-order valence-corrected chi connectivity index (χ3v) is 2.70. The number of nitrogens with zero attached hydrogens (tertiary/aromatic N) is 1. The Labute approximate surface area is 95.0 Å². The van der Waals surface area contributed by atoms with Gasteiger partial charge in [0.15, 0.2) is 0 Å². The van der Waals surface area contributed by atoms with Crippen molar-refractivity contribution >= 4 is 5.69 Å². The van der Waals surface area contributed by atoms with Gasteiger partial charge in [-0.1, -0.05) is 0 Å². The van der Waals surface area contributed by atoms with Gasteiger partial charge in [0.1, 0.15) is 5.82 Å². The molecule has 0 saturated carbocycles. The zero-order valence-electron chi connectivity index (χ0n) is 9.29. The fourth-order valence-corrected chi connectivity index (χ4v) is 1.98. The van der Waals surface area contributed by atoms with Crippen LogP contribution < -0.4 is 5.73 Å². The van der Waals surface area contributed by atoms with E-state index in [0.717, 1.165) is 44.8 Å². The summed E-state index contributed by atoms with van der Waals surface area (Å²) < 4.78 is 18.5. The van der Waals surface area contributed by atoms with Crippen molar-refractivity contribution in [3.63, 3.8) is 0 Å². The van der Waals surface area contributed by atoms with Gasteiger partial charge in [0.2, 0.25) is 0 Å². The van der Waals surface area contributed by atoms with Crippen LogP contribution in [0.2, 0.25) is 0 Å². The molecule has 3 nitrogen and oxygen atoms in total. The molecule has 1 heterocycles. The highest BCUT2D eigenvalue weighted by atomic mass is 19.1. The summed E-state index contributed by atoms with van der Waals surface area (Å²) in [5, 5.41) is 0. The van der Waals surface area contributed by atoms with Crippen LogP contribution in [0, 0.1) is 5.82 Å². The van der Waals surface area contributed by atoms with Gasteiger partial charge in [-0.25, -0.2) is 4.39 Å². The Morgan fingerprint density at radius 3 is 2.94 bits per heavy atom. The number of halogens is 1. The predicted octanol–water partition coefficient (Wildman–Crippen LogP) is 1.63. The SMILES string of the molecule is Nc1cc(F)cc(CN2CCCOCC2)c1. The van der Waals surface area contributed by atoms with E-state index in [1.807, 2.05) is 6.07 Å². The lowest BCUT2D eigenvalue weighted by Gasteiger charge is -2.19. The van der Waals surface area contributed by atoms with Crippen LogP contribution in [0.15, 0.2) is 18.2 Å². The molecule has 2 N–H and O–H groups in total. The van der Waals surface area contributed by atoms with Gasteiger partial charge >= 0.3 is 0 Å². The monoisotopic (exact) mass is 224 g/mol. The number of nitrogen functional groups attached to an aromatic ring is 1. The first-order valence-corrected chi connectivity index (χ1v) is 5.59. The molecule has 0 bridgehead atoms. The third-order valence-electron chi connectivity index (χ3n) is 2.70. The first-order valence-electron chi connectivity index (χ1n) is 5.59. The molecule has 2 rings (SSSR count). The molecule has 0 aromatic heterocycles. The van der Waals surface area contributed by atoms with Crippen LogP contribution in [-0.4, -0.2) is 31.2 Å². The topological polar surface area (TPSA) is 38.5 Å². The summed E-state index contributed by atoms with van der Waals surface area (Å²) in [6.45, 7) is 4.21. The van der Waals surface area contributed by atoms with E-state index in [0.29, 0.717) is 5.69 Å². The molecule has 1 aromatic rings. The standard InChI is InChI=1S/C12H17FN2O/c13-11-6-10(7-12(14)8-11)9-15-2-1-4-16-5-3-15/h6-8H,1-5,9,14H2. The molecule has 4 heteroatoms. The number of benzene rings is 1. The number of ether oxygens (including phenoxy) is 1. The normalized spacial score (nSPS) is 18.3. The summed E-state index contributed by atoms with van der Waals surface area (Å²) in [4.78, 5) is 2.27. The zero-order valence-corrected chi connectivity index (χ0v) is 9.29. The maximum atomic E-state index is 13.1. The average Bonchev–Trinajstić information content (AvgIpc) is 2.44. The van der Waals surface area contributed by atoms with Crippen LogP contribution >= 0.6 is 0 Å². The molecule has 0 radical (unpaired) electrons. The molecule has 16 heavy (non-hydrogen) atoms. The lowest BCUT2D eigenvalue weighted by Crippen LogP contribution is -2.25. The van der Waals surface area contributed by atoms with Crippen molar-refractivity contribution in [3.8, 4) is 0 Å². The molecular weight excluding hydrogens is 207 g/mol. The molecule has 1 aliphatic heterocycles. The molecular formula is C12H17FN2O. The Morgan fingerprint density at radius 2 is 2.12 bits per heavy atom. The first-order chi connectivity index (χ1) is 7.74. The Kier molecular flexibility index (Phi) is 3.74. The molecule has 88 valence electrons. The van der Waals surface area contributed by atoms with Crippen LogP contribution in [0.5, 0.6) is 0 Å². The van der Waals surface area contributed by atoms with Crippen LogP contribution in [0.25, 0.3) is 0 Å². The largest absolute Gasteiger partial charge is 0.399 e. The van der Waals surface area contributed by atoms with Crippen molar-refractivity contribution in [2.24, 2.45) is 0 Å². The Bertz CT molecular complexity index is 329. The van der Waals surface area contributed by atoms with Gasteiger partial charge in [0.05, 0.1) is 6.61 Å². The molecule has 0 aliphatic carbocycles. The summed E-state index contributed by atoms with van der Waals surface area (Å²) in [6, 6.07) is 4.71. The van der Waals surface area contributed by atoms with E-state index in [4.69, 9.17) is 10.5 Å². The van der Waals surface area contributed by atoms with E-state index in [9.17, 15) is 4.39 Å². The number of rotatable bonds is 2. The van der Waals surface area contributed by atoms with E-state index in [-0.39, 0.29) is 5.82 Å². The second kappa shape index (κ2) is 5.27. The minimum absolute atomic E-state index is 0.263. The second-order valence-electron chi connectivity index (χ2n) is 4.13. The summed E-state index contributed by atoms with van der Waals surface area (Å²) in [5.74, 6) is -0.263. The fraction of sp³-hybridized carbons (Fsp3) is 0.500. The van der Waals surface area contributed by atoms with Gasteiger partial charge in [-0.15, -0.1) is 0 Å². The molecule has 1 aromatic carbocycles. The minimum atomic E-state index is -0.263. The van der Waals surface area contributed by atoms with Crippen molar-refractivity contribution in [1.82, 2.24) is 4.90 Å². The van der Waals surface area contributed by atoms with Gasteiger partial charge in [0, 0.05) is 31.9 Å². The number of hydrogen-bond acceptors (Lipinski definition) is 3. The maximum Gasteiger partial charge on any atom is 0.125 e. The summed E-state index contributed by atoms with van der Waals surface area (Å²) >= 11 is 0. The smallest absolute Gasteiger partial charge is 0.125 e. The lowest BCUT2D eigenvalue weighted by molar-refractivity contribution is 0.140. The van der Waals surface area contributed by atoms with E-state index >= 15 is 0 Å². The maximum absolute atomic E-state index is 13.1. The second-order valence-corrected chi connectivity index (χ2v) is 4.13. The number of hydrogen-bond donors (Lipinski definition) is 1. The quantitative estimate of drug-likeness (QED) is 0.776. The molecule has 1 aliphatic rings. The fourth-order valence-electron chi connectivity index (χ4n) is 1.98. The Morgan fingerprint density at radius 1 is 1.25 bits per heavy atom. The van der Waals surface area contributed by atoms with Crippen LogP contribution in [0.1, 0.15) is 12.0 Å². The summed E-state index contributed by atoms with van der Waals surface area (Å²) in [6.07, 6.45) is 1.03. The lowest BCUT2D eigenvalue weighted by atomic mass is 10.2. The van der Waals surface area contributed by atoms with Crippen LogP contribution in [0.3, 0.4) is 0 Å². The van der Waals surface area contributed by atoms with Gasteiger partial charge < -0.3 is 10.5 Å². The summed E-state index contributed by atoms with van der Waals surface area (Å²) in [5.41, 5.74) is 7.03. The van der Waals surface area contributed by atoms with Crippen molar-refractivity contribution < 1.29 is 9.13 Å². The zero-order chi connectivity index (χ0) is 11.4. The van der Waals surface area contributed by atoms with Gasteiger partial charge in [-0.2, -0.15) is 0 Å². The molecule has 0 amide bonds. The number of anilines is 1.